The van der Waals surface area contributed by atoms with Crippen molar-refractivity contribution in [1.82, 2.24) is 0 Å². The van der Waals surface area contributed by atoms with Gasteiger partial charge in [0.15, 0.2) is 0 Å². The van der Waals surface area contributed by atoms with Gasteiger partial charge in [0.2, 0.25) is 0 Å². The quantitative estimate of drug-likeness (QED) is 0.172. The van der Waals surface area contributed by atoms with Crippen molar-refractivity contribution in [3.63, 3.8) is 0 Å². The number of alkyl halides is 6. The predicted octanol–water partition coefficient (Wildman–Crippen LogP) is 7.33. The van der Waals surface area contributed by atoms with Crippen LogP contribution in [0.15, 0.2) is 30.3 Å². The average Bonchev–Trinajstić information content (AvgIpc) is 2.89. The summed E-state index contributed by atoms with van der Waals surface area (Å²) in [5, 5.41) is 0. The number of carbonyl (C=O) groups excluding carboxylic acids is 2. The molecule has 0 saturated heterocycles. The van der Waals surface area contributed by atoms with E-state index in [4.69, 9.17) is 9.47 Å². The summed E-state index contributed by atoms with van der Waals surface area (Å²) < 4.78 is 103. The van der Waals surface area contributed by atoms with Gasteiger partial charge in [0, 0.05) is 0 Å². The molecule has 214 valence electrons. The van der Waals surface area contributed by atoms with E-state index < -0.39 is 58.0 Å². The van der Waals surface area contributed by atoms with Crippen LogP contribution in [0.3, 0.4) is 0 Å². The highest BCUT2D eigenvalue weighted by atomic mass is 19.4. The van der Waals surface area contributed by atoms with Crippen LogP contribution in [0.25, 0.3) is 5.57 Å². The molecule has 0 radical (unpaired) electrons. The molecule has 0 spiro atoms. The zero-order valence-electron chi connectivity index (χ0n) is 21.9. The summed E-state index contributed by atoms with van der Waals surface area (Å²) in [6.07, 6.45) is -6.11. The van der Waals surface area contributed by atoms with Gasteiger partial charge in [-0.25, -0.2) is 9.59 Å². The van der Waals surface area contributed by atoms with E-state index in [-0.39, 0.29) is 23.1 Å². The number of benzene rings is 2. The standard InChI is InChI=1S/C27H28F6O6/c1-6-7-8-9-10-17(15-11-18(24(34)38-4)22(36-2)20(13-15)26(28,29)30)16-12-19(25(35)39-5)23(37-3)21(14-16)27(31,32)33/h10-14H,6-9H2,1-5H3. The number of carbonyl (C=O) groups is 2. The minimum Gasteiger partial charge on any atom is -0.495 e. The van der Waals surface area contributed by atoms with Crippen LogP contribution >= 0.6 is 0 Å². The first-order chi connectivity index (χ1) is 18.2. The van der Waals surface area contributed by atoms with Gasteiger partial charge in [-0.1, -0.05) is 25.8 Å². The van der Waals surface area contributed by atoms with Crippen LogP contribution in [-0.2, 0) is 21.8 Å². The monoisotopic (exact) mass is 562 g/mol. The normalized spacial score (nSPS) is 11.6. The summed E-state index contributed by atoms with van der Waals surface area (Å²) in [7, 11) is 3.82. The fourth-order valence-corrected chi connectivity index (χ4v) is 4.00. The zero-order valence-corrected chi connectivity index (χ0v) is 21.9. The third-order valence-electron chi connectivity index (χ3n) is 5.79. The number of hydrogen-bond donors (Lipinski definition) is 0. The molecule has 39 heavy (non-hydrogen) atoms. The van der Waals surface area contributed by atoms with E-state index in [0.717, 1.165) is 53.4 Å². The van der Waals surface area contributed by atoms with E-state index in [0.29, 0.717) is 18.6 Å². The minimum atomic E-state index is -4.99. The Morgan fingerprint density at radius 3 is 1.44 bits per heavy atom. The number of halogens is 6. The van der Waals surface area contributed by atoms with E-state index in [1.165, 1.54) is 6.08 Å². The van der Waals surface area contributed by atoms with Gasteiger partial charge in [-0.2, -0.15) is 26.3 Å². The van der Waals surface area contributed by atoms with Crippen LogP contribution in [-0.4, -0.2) is 40.4 Å². The topological polar surface area (TPSA) is 71.1 Å². The maximum Gasteiger partial charge on any atom is 0.420 e. The van der Waals surface area contributed by atoms with Gasteiger partial charge >= 0.3 is 24.3 Å². The van der Waals surface area contributed by atoms with Gasteiger partial charge in [0.05, 0.1) is 39.6 Å². The van der Waals surface area contributed by atoms with Crippen molar-refractivity contribution < 1.29 is 54.9 Å². The van der Waals surface area contributed by atoms with Crippen LogP contribution in [0.5, 0.6) is 11.5 Å². The Morgan fingerprint density at radius 1 is 0.718 bits per heavy atom. The molecular formula is C27H28F6O6. The summed E-state index contributed by atoms with van der Waals surface area (Å²) in [5.41, 5.74) is -4.39. The molecule has 2 aromatic carbocycles. The maximum absolute atomic E-state index is 14.0. The zero-order chi connectivity index (χ0) is 29.5. The summed E-state index contributed by atoms with van der Waals surface area (Å²) in [5.74, 6) is -3.90. The van der Waals surface area contributed by atoms with E-state index >= 15 is 0 Å². The SMILES string of the molecule is CCCCCC=C(c1cc(C(=O)OC)c(OC)c(C(F)(F)F)c1)c1cc(C(=O)OC)c(OC)c(C(F)(F)F)c1. The third-order valence-corrected chi connectivity index (χ3v) is 5.79. The van der Waals surface area contributed by atoms with Gasteiger partial charge < -0.3 is 18.9 Å². The van der Waals surface area contributed by atoms with Crippen molar-refractivity contribution in [3.8, 4) is 11.5 Å². The number of methoxy groups -OCH3 is 4. The smallest absolute Gasteiger partial charge is 0.420 e. The fourth-order valence-electron chi connectivity index (χ4n) is 4.00. The first-order valence-corrected chi connectivity index (χ1v) is 11.7. The molecule has 6 nitrogen and oxygen atoms in total. The number of rotatable bonds is 10. The molecule has 0 aromatic heterocycles. The van der Waals surface area contributed by atoms with Crippen LogP contribution < -0.4 is 9.47 Å². The van der Waals surface area contributed by atoms with E-state index in [1.54, 1.807) is 0 Å². The van der Waals surface area contributed by atoms with Crippen molar-refractivity contribution in [1.29, 1.82) is 0 Å². The lowest BCUT2D eigenvalue weighted by Crippen LogP contribution is -2.15. The largest absolute Gasteiger partial charge is 0.495 e. The highest BCUT2D eigenvalue weighted by molar-refractivity contribution is 5.97. The average molecular weight is 563 g/mol. The third kappa shape index (κ3) is 7.24. The van der Waals surface area contributed by atoms with Gasteiger partial charge in [-0.3, -0.25) is 0 Å². The molecule has 0 aliphatic rings. The first-order valence-electron chi connectivity index (χ1n) is 11.7. The summed E-state index contributed by atoms with van der Waals surface area (Å²) in [6, 6.07) is 3.43. The van der Waals surface area contributed by atoms with Gasteiger partial charge in [-0.15, -0.1) is 0 Å². The number of allylic oxidation sites excluding steroid dienone is 1. The van der Waals surface area contributed by atoms with Crippen molar-refractivity contribution in [3.05, 3.63) is 63.7 Å². The lowest BCUT2D eigenvalue weighted by Gasteiger charge is -2.21. The molecule has 0 unspecified atom stereocenters. The summed E-state index contributed by atoms with van der Waals surface area (Å²) >= 11 is 0. The lowest BCUT2D eigenvalue weighted by molar-refractivity contribution is -0.139. The van der Waals surface area contributed by atoms with E-state index in [9.17, 15) is 35.9 Å². The number of hydrogen-bond acceptors (Lipinski definition) is 6. The Hall–Kier alpha value is -3.70. The van der Waals surface area contributed by atoms with Crippen molar-refractivity contribution in [2.75, 3.05) is 28.4 Å². The molecule has 0 amide bonds. The van der Waals surface area contributed by atoms with Crippen molar-refractivity contribution in [2.24, 2.45) is 0 Å². The van der Waals surface area contributed by atoms with E-state index in [1.807, 2.05) is 6.92 Å². The Morgan fingerprint density at radius 2 is 1.13 bits per heavy atom. The van der Waals surface area contributed by atoms with Crippen molar-refractivity contribution >= 4 is 17.5 Å². The number of esters is 2. The molecule has 0 fully saturated rings. The molecule has 12 heteroatoms. The second kappa shape index (κ2) is 12.9. The van der Waals surface area contributed by atoms with Crippen molar-refractivity contribution in [2.45, 2.75) is 45.0 Å². The molecule has 2 rings (SSSR count). The minimum absolute atomic E-state index is 0.0808. The van der Waals surface area contributed by atoms with Gasteiger partial charge in [0.1, 0.15) is 22.6 Å². The molecular weight excluding hydrogens is 534 g/mol. The fraction of sp³-hybridized carbons (Fsp3) is 0.407. The van der Waals surface area contributed by atoms with Crippen LogP contribution in [0.2, 0.25) is 0 Å². The second-order valence-corrected chi connectivity index (χ2v) is 8.30. The number of unbranched alkanes of at least 4 members (excludes halogenated alkanes) is 3. The molecule has 0 aliphatic heterocycles. The summed E-state index contributed by atoms with van der Waals surface area (Å²) in [6.45, 7) is 1.92. The predicted molar refractivity (Wildman–Crippen MR) is 130 cm³/mol. The highest BCUT2D eigenvalue weighted by Crippen LogP contribution is 2.44. The molecule has 0 N–H and O–H groups in total. The molecule has 0 aliphatic carbocycles. The van der Waals surface area contributed by atoms with Gasteiger partial charge in [-0.05, 0) is 53.8 Å². The molecule has 0 bridgehead atoms. The molecule has 0 atom stereocenters. The summed E-state index contributed by atoms with van der Waals surface area (Å²) in [4.78, 5) is 24.8. The molecule has 0 heterocycles. The van der Waals surface area contributed by atoms with Gasteiger partial charge in [0.25, 0.3) is 0 Å². The second-order valence-electron chi connectivity index (χ2n) is 8.30. The first kappa shape index (κ1) is 31.5. The highest BCUT2D eigenvalue weighted by Gasteiger charge is 2.39. The maximum atomic E-state index is 14.0. The molecule has 0 saturated carbocycles. The van der Waals surface area contributed by atoms with Crippen LogP contribution in [0.4, 0.5) is 26.3 Å². The lowest BCUT2D eigenvalue weighted by atomic mass is 9.90. The Bertz CT molecular complexity index is 1140. The van der Waals surface area contributed by atoms with Crippen LogP contribution in [0.1, 0.15) is 75.6 Å². The van der Waals surface area contributed by atoms with E-state index in [2.05, 4.69) is 9.47 Å². The molecule has 2 aromatic rings. The number of ether oxygens (including phenoxy) is 4. The Labute approximate surface area is 221 Å². The Balaban J connectivity index is 3.03. The Kier molecular flexibility index (Phi) is 10.4. The van der Waals surface area contributed by atoms with Crippen LogP contribution in [0, 0.1) is 0 Å².